The minimum atomic E-state index is 0.576. The molecule has 0 saturated carbocycles. The smallest absolute Gasteiger partial charge is 0.120 e. The van der Waals surface area contributed by atoms with Crippen LogP contribution in [0.25, 0.3) is 0 Å². The lowest BCUT2D eigenvalue weighted by Gasteiger charge is -2.25. The highest BCUT2D eigenvalue weighted by Crippen LogP contribution is 2.30. The van der Waals surface area contributed by atoms with E-state index in [0.29, 0.717) is 5.92 Å². The normalized spacial score (nSPS) is 26.2. The van der Waals surface area contributed by atoms with Gasteiger partial charge in [-0.25, -0.2) is 0 Å². The van der Waals surface area contributed by atoms with Gasteiger partial charge in [-0.1, -0.05) is 18.6 Å². The second-order valence-corrected chi connectivity index (χ2v) is 3.96. The number of allylic oxidation sites excluding steroid dienone is 2. The van der Waals surface area contributed by atoms with Crippen molar-refractivity contribution in [2.24, 2.45) is 11.8 Å². The minimum Gasteiger partial charge on any atom is -0.303 e. The van der Waals surface area contributed by atoms with E-state index in [4.69, 9.17) is 0 Å². The Hall–Kier alpha value is -0.590. The maximum Gasteiger partial charge on any atom is 0.120 e. The van der Waals surface area contributed by atoms with E-state index in [1.807, 2.05) is 0 Å². The molecule has 0 aromatic rings. The molecule has 12 heavy (non-hydrogen) atoms. The number of rotatable bonds is 3. The largest absolute Gasteiger partial charge is 0.303 e. The molecule has 1 aliphatic carbocycles. The fourth-order valence-corrected chi connectivity index (χ4v) is 1.85. The molecule has 0 saturated heterocycles. The van der Waals surface area contributed by atoms with Gasteiger partial charge in [-0.05, 0) is 38.0 Å². The van der Waals surface area contributed by atoms with Gasteiger partial charge in [0.1, 0.15) is 6.29 Å². The predicted molar refractivity (Wildman–Crippen MR) is 50.9 cm³/mol. The quantitative estimate of drug-likeness (QED) is 0.465. The molecule has 0 fully saturated rings. The molecule has 0 radical (unpaired) electrons. The molecule has 1 rings (SSSR count). The van der Waals surface area contributed by atoms with Gasteiger partial charge in [-0.3, -0.25) is 0 Å². The first-order valence-electron chi connectivity index (χ1n) is 4.83. The monoisotopic (exact) mass is 166 g/mol. The first kappa shape index (κ1) is 9.50. The molecular formula is C11H18O. The summed E-state index contributed by atoms with van der Waals surface area (Å²) in [7, 11) is 0. The van der Waals surface area contributed by atoms with Crippen LogP contribution in [0.3, 0.4) is 0 Å². The van der Waals surface area contributed by atoms with Crippen molar-refractivity contribution in [3.05, 3.63) is 11.6 Å². The molecule has 0 aromatic carbocycles. The summed E-state index contributed by atoms with van der Waals surface area (Å²) in [4.78, 5) is 10.3. The molecule has 68 valence electrons. The average molecular weight is 166 g/mol. The average Bonchev–Trinajstić information content (AvgIpc) is 2.06. The molecule has 2 unspecified atom stereocenters. The number of carbonyl (C=O) groups is 1. The number of hydrogen-bond acceptors (Lipinski definition) is 1. The van der Waals surface area contributed by atoms with Crippen LogP contribution in [0.1, 0.15) is 39.5 Å². The second-order valence-electron chi connectivity index (χ2n) is 3.96. The fourth-order valence-electron chi connectivity index (χ4n) is 1.85. The van der Waals surface area contributed by atoms with E-state index in [2.05, 4.69) is 19.9 Å². The van der Waals surface area contributed by atoms with E-state index < -0.39 is 0 Å². The zero-order valence-electron chi connectivity index (χ0n) is 8.05. The third-order valence-corrected chi connectivity index (χ3v) is 2.95. The molecule has 0 N–H and O–H groups in total. The van der Waals surface area contributed by atoms with Gasteiger partial charge in [0.2, 0.25) is 0 Å². The summed E-state index contributed by atoms with van der Waals surface area (Å²) >= 11 is 0. The summed E-state index contributed by atoms with van der Waals surface area (Å²) in [5, 5.41) is 0. The van der Waals surface area contributed by atoms with Crippen LogP contribution in [-0.4, -0.2) is 6.29 Å². The standard InChI is InChI=1S/C11H18O/c1-9-3-5-11(6-4-9)10(2)7-8-12/h3,8,10-11H,4-7H2,1-2H3. The van der Waals surface area contributed by atoms with Crippen molar-refractivity contribution in [2.45, 2.75) is 39.5 Å². The topological polar surface area (TPSA) is 17.1 Å². The third-order valence-electron chi connectivity index (χ3n) is 2.95. The Kier molecular flexibility index (Phi) is 3.51. The van der Waals surface area contributed by atoms with Crippen LogP contribution in [-0.2, 0) is 4.79 Å². The van der Waals surface area contributed by atoms with E-state index in [1.54, 1.807) is 0 Å². The van der Waals surface area contributed by atoms with Gasteiger partial charge in [0.05, 0.1) is 0 Å². The first-order chi connectivity index (χ1) is 5.74. The summed E-state index contributed by atoms with van der Waals surface area (Å²) in [6.45, 7) is 4.38. The van der Waals surface area contributed by atoms with Gasteiger partial charge in [-0.15, -0.1) is 0 Å². The Morgan fingerprint density at radius 2 is 2.50 bits per heavy atom. The van der Waals surface area contributed by atoms with Crippen molar-refractivity contribution in [1.82, 2.24) is 0 Å². The Morgan fingerprint density at radius 1 is 1.75 bits per heavy atom. The molecule has 0 heterocycles. The van der Waals surface area contributed by atoms with Crippen LogP contribution in [0, 0.1) is 11.8 Å². The minimum absolute atomic E-state index is 0.576. The van der Waals surface area contributed by atoms with Crippen molar-refractivity contribution in [3.63, 3.8) is 0 Å². The zero-order valence-corrected chi connectivity index (χ0v) is 8.05. The maximum atomic E-state index is 10.3. The number of carbonyl (C=O) groups excluding carboxylic acids is 1. The highest BCUT2D eigenvalue weighted by atomic mass is 16.1. The number of hydrogen-bond donors (Lipinski definition) is 0. The molecule has 1 aliphatic rings. The van der Waals surface area contributed by atoms with Gasteiger partial charge >= 0.3 is 0 Å². The summed E-state index contributed by atoms with van der Waals surface area (Å²) in [6, 6.07) is 0. The molecule has 1 nitrogen and oxygen atoms in total. The second kappa shape index (κ2) is 4.44. The van der Waals surface area contributed by atoms with Crippen LogP contribution < -0.4 is 0 Å². The summed E-state index contributed by atoms with van der Waals surface area (Å²) in [6.07, 6.45) is 7.80. The lowest BCUT2D eigenvalue weighted by molar-refractivity contribution is -0.108. The van der Waals surface area contributed by atoms with Crippen LogP contribution in [0.15, 0.2) is 11.6 Å². The van der Waals surface area contributed by atoms with E-state index >= 15 is 0 Å². The third kappa shape index (κ3) is 2.47. The Balaban J connectivity index is 2.39. The van der Waals surface area contributed by atoms with E-state index in [1.165, 1.54) is 24.8 Å². The van der Waals surface area contributed by atoms with E-state index in [-0.39, 0.29) is 0 Å². The van der Waals surface area contributed by atoms with Crippen molar-refractivity contribution >= 4 is 6.29 Å². The van der Waals surface area contributed by atoms with Gasteiger partial charge in [0, 0.05) is 6.42 Å². The molecule has 0 spiro atoms. The lowest BCUT2D eigenvalue weighted by Crippen LogP contribution is -2.14. The Morgan fingerprint density at radius 3 is 3.00 bits per heavy atom. The maximum absolute atomic E-state index is 10.3. The highest BCUT2D eigenvalue weighted by Gasteiger charge is 2.18. The van der Waals surface area contributed by atoms with Gasteiger partial charge < -0.3 is 4.79 Å². The molecule has 0 aliphatic heterocycles. The molecule has 0 aromatic heterocycles. The van der Waals surface area contributed by atoms with Crippen molar-refractivity contribution in [1.29, 1.82) is 0 Å². The van der Waals surface area contributed by atoms with Crippen LogP contribution in [0.2, 0.25) is 0 Å². The summed E-state index contributed by atoms with van der Waals surface area (Å²) < 4.78 is 0. The molecule has 0 bridgehead atoms. The van der Waals surface area contributed by atoms with E-state index in [9.17, 15) is 4.79 Å². The van der Waals surface area contributed by atoms with Gasteiger partial charge in [0.15, 0.2) is 0 Å². The first-order valence-corrected chi connectivity index (χ1v) is 4.83. The zero-order chi connectivity index (χ0) is 8.97. The SMILES string of the molecule is CC1=CCC(C(C)CC=O)CC1. The van der Waals surface area contributed by atoms with Crippen molar-refractivity contribution in [3.8, 4) is 0 Å². The van der Waals surface area contributed by atoms with Crippen molar-refractivity contribution in [2.75, 3.05) is 0 Å². The van der Waals surface area contributed by atoms with Crippen LogP contribution in [0.4, 0.5) is 0 Å². The number of aldehydes is 1. The molecule has 2 atom stereocenters. The Bertz CT molecular complexity index is 181. The Labute approximate surface area is 74.9 Å². The summed E-state index contributed by atoms with van der Waals surface area (Å²) in [5.74, 6) is 1.32. The highest BCUT2D eigenvalue weighted by molar-refractivity contribution is 5.49. The predicted octanol–water partition coefficient (Wildman–Crippen LogP) is 2.96. The van der Waals surface area contributed by atoms with Crippen molar-refractivity contribution < 1.29 is 4.79 Å². The lowest BCUT2D eigenvalue weighted by atomic mass is 9.81. The molecule has 1 heteroatoms. The van der Waals surface area contributed by atoms with E-state index in [0.717, 1.165) is 18.6 Å². The fraction of sp³-hybridized carbons (Fsp3) is 0.727. The van der Waals surface area contributed by atoms with Gasteiger partial charge in [0.25, 0.3) is 0 Å². The molecular weight excluding hydrogens is 148 g/mol. The molecule has 0 amide bonds. The summed E-state index contributed by atoms with van der Waals surface area (Å²) in [5.41, 5.74) is 1.52. The van der Waals surface area contributed by atoms with Gasteiger partial charge in [-0.2, -0.15) is 0 Å². The van der Waals surface area contributed by atoms with Crippen LogP contribution in [0.5, 0.6) is 0 Å². The van der Waals surface area contributed by atoms with Crippen LogP contribution >= 0.6 is 0 Å².